The van der Waals surface area contributed by atoms with Crippen molar-refractivity contribution in [3.8, 4) is 27.9 Å². The van der Waals surface area contributed by atoms with Crippen LogP contribution in [0.2, 0.25) is 5.02 Å². The molecule has 0 atom stereocenters. The molecule has 0 saturated carbocycles. The molecule has 6 aromatic carbocycles. The van der Waals surface area contributed by atoms with Crippen LogP contribution < -0.4 is 0 Å². The second-order valence-corrected chi connectivity index (χ2v) is 11.9. The zero-order valence-corrected chi connectivity index (χ0v) is 24.8. The first-order valence-corrected chi connectivity index (χ1v) is 15.2. The van der Waals surface area contributed by atoms with Crippen LogP contribution in [0, 0.1) is 0 Å². The average Bonchev–Trinajstić information content (AvgIpc) is 3.56. The quantitative estimate of drug-likeness (QED) is 0.184. The van der Waals surface area contributed by atoms with E-state index in [1.165, 1.54) is 69.9 Å². The van der Waals surface area contributed by atoms with Crippen molar-refractivity contribution >= 4 is 64.9 Å². The molecule has 202 valence electrons. The Bertz CT molecular complexity index is 2130. The Labute approximate surface area is 254 Å². The van der Waals surface area contributed by atoms with E-state index in [4.69, 9.17) is 11.6 Å². The van der Waals surface area contributed by atoms with Gasteiger partial charge in [0.25, 0.3) is 0 Å². The minimum atomic E-state index is 0.778. The first-order chi connectivity index (χ1) is 20.6. The molecular weight excluding hydrogens is 550 g/mol. The molecule has 0 aliphatic heterocycles. The van der Waals surface area contributed by atoms with Gasteiger partial charge < -0.3 is 4.57 Å². The summed E-state index contributed by atoms with van der Waals surface area (Å²) in [6.45, 7) is 5.25. The van der Waals surface area contributed by atoms with Gasteiger partial charge in [0, 0.05) is 41.7 Å². The number of hydrogen-bond acceptors (Lipinski definition) is 1. The lowest BCUT2D eigenvalue weighted by molar-refractivity contribution is 1.19. The summed E-state index contributed by atoms with van der Waals surface area (Å²) in [6, 6.07) is 48.0. The Balaban J connectivity index is 0.000000923. The van der Waals surface area contributed by atoms with Gasteiger partial charge in [0.2, 0.25) is 0 Å². The highest BCUT2D eigenvalue weighted by atomic mass is 35.5. The summed E-state index contributed by atoms with van der Waals surface area (Å²) in [5.74, 6) is 0. The summed E-state index contributed by atoms with van der Waals surface area (Å²) >= 11 is 8.11. The van der Waals surface area contributed by atoms with E-state index in [1.54, 1.807) is 17.4 Å². The molecule has 0 fully saturated rings. The van der Waals surface area contributed by atoms with Crippen molar-refractivity contribution < 1.29 is 0 Å². The monoisotopic (exact) mass is 577 g/mol. The number of aromatic nitrogens is 1. The van der Waals surface area contributed by atoms with E-state index in [0.717, 1.165) is 5.02 Å². The Morgan fingerprint density at radius 3 is 1.60 bits per heavy atom. The van der Waals surface area contributed by atoms with Crippen LogP contribution in [-0.2, 0) is 0 Å². The van der Waals surface area contributed by atoms with Gasteiger partial charge in [-0.3, -0.25) is 0 Å². The van der Waals surface area contributed by atoms with E-state index in [1.807, 2.05) is 13.0 Å². The molecular formula is C39H28ClNS. The zero-order chi connectivity index (χ0) is 28.6. The van der Waals surface area contributed by atoms with Crippen molar-refractivity contribution in [2.45, 2.75) is 6.92 Å². The van der Waals surface area contributed by atoms with Crippen molar-refractivity contribution in [1.82, 2.24) is 4.57 Å². The normalized spacial score (nSPS) is 11.2. The van der Waals surface area contributed by atoms with Crippen molar-refractivity contribution in [3.05, 3.63) is 151 Å². The van der Waals surface area contributed by atoms with Crippen LogP contribution in [0.15, 0.2) is 146 Å². The number of fused-ring (bicyclic) bond motifs is 6. The minimum absolute atomic E-state index is 0.778. The van der Waals surface area contributed by atoms with Crippen LogP contribution in [0.4, 0.5) is 0 Å². The van der Waals surface area contributed by atoms with Gasteiger partial charge in [-0.2, -0.15) is 0 Å². The van der Waals surface area contributed by atoms with Gasteiger partial charge in [0.1, 0.15) is 0 Å². The fourth-order valence-electron chi connectivity index (χ4n) is 5.80. The van der Waals surface area contributed by atoms with E-state index >= 15 is 0 Å². The standard InChI is InChI=1S/C36H22ClNS.C3H6/c37-27-13-15-29-30-16-14-28(22-36(30)39-35(29)21-27)38-33-17-11-25(23-7-3-1-4-8-23)19-31(33)32-20-26(12-18-34(32)38)24-9-5-2-6-10-24;1-3-2/h1-22H;3H,1H2,2H3. The first kappa shape index (κ1) is 26.3. The molecule has 0 N–H and O–H groups in total. The maximum Gasteiger partial charge on any atom is 0.0541 e. The van der Waals surface area contributed by atoms with E-state index in [-0.39, 0.29) is 0 Å². The van der Waals surface area contributed by atoms with Crippen molar-refractivity contribution in [2.24, 2.45) is 0 Å². The molecule has 2 heterocycles. The lowest BCUT2D eigenvalue weighted by atomic mass is 10.0. The predicted molar refractivity (Wildman–Crippen MR) is 185 cm³/mol. The van der Waals surface area contributed by atoms with E-state index < -0.39 is 0 Å². The van der Waals surface area contributed by atoms with Crippen LogP contribution in [0.25, 0.3) is 69.9 Å². The van der Waals surface area contributed by atoms with E-state index in [9.17, 15) is 0 Å². The SMILES string of the molecule is C=CC.Clc1ccc2c(c1)sc1cc(-n3c4ccc(-c5ccccc5)cc4c4cc(-c5ccccc5)ccc43)ccc12. The van der Waals surface area contributed by atoms with Gasteiger partial charge >= 0.3 is 0 Å². The van der Waals surface area contributed by atoms with Gasteiger partial charge in [-0.1, -0.05) is 103 Å². The Morgan fingerprint density at radius 2 is 1.05 bits per heavy atom. The minimum Gasteiger partial charge on any atom is -0.309 e. The van der Waals surface area contributed by atoms with Crippen molar-refractivity contribution in [1.29, 1.82) is 0 Å². The second kappa shape index (κ2) is 11.0. The molecule has 0 spiro atoms. The molecule has 0 amide bonds. The maximum atomic E-state index is 6.31. The third-order valence-electron chi connectivity index (χ3n) is 7.66. The fourth-order valence-corrected chi connectivity index (χ4v) is 7.22. The fraction of sp³-hybridized carbons (Fsp3) is 0.0256. The third-order valence-corrected chi connectivity index (χ3v) is 9.01. The first-order valence-electron chi connectivity index (χ1n) is 14.0. The highest BCUT2D eigenvalue weighted by Gasteiger charge is 2.16. The summed E-state index contributed by atoms with van der Waals surface area (Å²) in [7, 11) is 0. The van der Waals surface area contributed by atoms with Crippen LogP contribution >= 0.6 is 22.9 Å². The molecule has 1 nitrogen and oxygen atoms in total. The Kier molecular flexibility index (Phi) is 6.87. The molecule has 42 heavy (non-hydrogen) atoms. The van der Waals surface area contributed by atoms with Crippen molar-refractivity contribution in [2.75, 3.05) is 0 Å². The average molecular weight is 578 g/mol. The van der Waals surface area contributed by atoms with Gasteiger partial charge in [-0.05, 0) is 77.7 Å². The number of halogens is 1. The molecule has 3 heteroatoms. The smallest absolute Gasteiger partial charge is 0.0541 e. The largest absolute Gasteiger partial charge is 0.309 e. The number of thiophene rings is 1. The lowest BCUT2D eigenvalue weighted by Gasteiger charge is -2.09. The van der Waals surface area contributed by atoms with E-state index in [0.29, 0.717) is 0 Å². The summed E-state index contributed by atoms with van der Waals surface area (Å²) in [5.41, 5.74) is 8.49. The molecule has 0 aliphatic rings. The summed E-state index contributed by atoms with van der Waals surface area (Å²) in [5, 5.41) is 5.82. The molecule has 0 bridgehead atoms. The summed E-state index contributed by atoms with van der Waals surface area (Å²) in [6.07, 6.45) is 1.75. The topological polar surface area (TPSA) is 4.93 Å². The third kappa shape index (κ3) is 4.59. The summed E-state index contributed by atoms with van der Waals surface area (Å²) < 4.78 is 4.89. The molecule has 0 aliphatic carbocycles. The summed E-state index contributed by atoms with van der Waals surface area (Å²) in [4.78, 5) is 0. The maximum absolute atomic E-state index is 6.31. The molecule has 8 aromatic rings. The molecule has 0 radical (unpaired) electrons. The number of benzene rings is 6. The Morgan fingerprint density at radius 1 is 0.548 bits per heavy atom. The van der Waals surface area contributed by atoms with Crippen LogP contribution in [0.5, 0.6) is 0 Å². The van der Waals surface area contributed by atoms with Crippen LogP contribution in [0.3, 0.4) is 0 Å². The second-order valence-electron chi connectivity index (χ2n) is 10.4. The number of allylic oxidation sites excluding steroid dienone is 1. The Hall–Kier alpha value is -4.63. The van der Waals surface area contributed by atoms with Crippen LogP contribution in [-0.4, -0.2) is 4.57 Å². The molecule has 2 aromatic heterocycles. The molecule has 8 rings (SSSR count). The number of nitrogens with zero attached hydrogens (tertiary/aromatic N) is 1. The lowest BCUT2D eigenvalue weighted by Crippen LogP contribution is -1.93. The van der Waals surface area contributed by atoms with Crippen molar-refractivity contribution in [3.63, 3.8) is 0 Å². The number of rotatable bonds is 3. The zero-order valence-electron chi connectivity index (χ0n) is 23.2. The van der Waals surface area contributed by atoms with Gasteiger partial charge in [0.05, 0.1) is 11.0 Å². The van der Waals surface area contributed by atoms with Gasteiger partial charge in [-0.25, -0.2) is 0 Å². The highest BCUT2D eigenvalue weighted by molar-refractivity contribution is 7.25. The van der Waals surface area contributed by atoms with Gasteiger partial charge in [0.15, 0.2) is 0 Å². The molecule has 0 unspecified atom stereocenters. The molecule has 0 saturated heterocycles. The van der Waals surface area contributed by atoms with E-state index in [2.05, 4.69) is 139 Å². The predicted octanol–water partition coefficient (Wildman–Crippen LogP) is 12.3. The van der Waals surface area contributed by atoms with Gasteiger partial charge in [-0.15, -0.1) is 17.9 Å². The highest BCUT2D eigenvalue weighted by Crippen LogP contribution is 2.40. The van der Waals surface area contributed by atoms with Crippen LogP contribution in [0.1, 0.15) is 6.92 Å². The number of hydrogen-bond donors (Lipinski definition) is 0.